The van der Waals surface area contributed by atoms with Crippen LogP contribution in [0.5, 0.6) is 0 Å². The van der Waals surface area contributed by atoms with Gasteiger partial charge in [0.15, 0.2) is 5.65 Å². The van der Waals surface area contributed by atoms with E-state index in [0.29, 0.717) is 11.3 Å². The van der Waals surface area contributed by atoms with Crippen LogP contribution < -0.4 is 4.90 Å². The van der Waals surface area contributed by atoms with Gasteiger partial charge in [0.1, 0.15) is 0 Å². The first-order chi connectivity index (χ1) is 14.3. The third-order valence-electron chi connectivity index (χ3n) is 5.54. The minimum absolute atomic E-state index is 0.123. The Balaban J connectivity index is 1.80. The number of carbonyl (C=O) groups is 1. The molecule has 8 heteroatoms. The van der Waals surface area contributed by atoms with Crippen LogP contribution in [0.2, 0.25) is 0 Å². The van der Waals surface area contributed by atoms with Crippen LogP contribution in [0.3, 0.4) is 0 Å². The molecule has 0 saturated carbocycles. The van der Waals surface area contributed by atoms with Gasteiger partial charge in [0.05, 0.1) is 4.90 Å². The van der Waals surface area contributed by atoms with Crippen LogP contribution >= 0.6 is 0 Å². The molecule has 7 nitrogen and oxygen atoms in total. The van der Waals surface area contributed by atoms with E-state index >= 15 is 0 Å². The summed E-state index contributed by atoms with van der Waals surface area (Å²) in [5.74, 6) is -0.123. The number of anilines is 1. The number of aromatic nitrogens is 2. The first-order valence-corrected chi connectivity index (χ1v) is 11.2. The van der Waals surface area contributed by atoms with Gasteiger partial charge in [-0.05, 0) is 55.4 Å². The number of amides is 1. The van der Waals surface area contributed by atoms with Crippen molar-refractivity contribution in [1.29, 1.82) is 0 Å². The van der Waals surface area contributed by atoms with E-state index in [1.807, 2.05) is 12.1 Å². The summed E-state index contributed by atoms with van der Waals surface area (Å²) in [6, 6.07) is 10.0. The van der Waals surface area contributed by atoms with Crippen LogP contribution in [0, 0.1) is 0 Å². The molecule has 0 saturated heterocycles. The number of likely N-dealkylation sites (N-methyl/N-ethyl adjacent to an activating group) is 1. The molecule has 0 atom stereocenters. The Kier molecular flexibility index (Phi) is 5.21. The lowest BCUT2D eigenvalue weighted by Crippen LogP contribution is -2.23. The molecule has 0 radical (unpaired) electrons. The third-order valence-corrected chi connectivity index (χ3v) is 7.21. The summed E-state index contributed by atoms with van der Waals surface area (Å²) < 4.78 is 28.1. The highest BCUT2D eigenvalue weighted by atomic mass is 32.2. The molecule has 1 aromatic carbocycles. The first-order valence-electron chi connectivity index (χ1n) is 9.73. The van der Waals surface area contributed by atoms with Crippen molar-refractivity contribution in [2.45, 2.75) is 18.2 Å². The highest BCUT2D eigenvalue weighted by Crippen LogP contribution is 2.32. The Morgan fingerprint density at radius 2 is 1.90 bits per heavy atom. The van der Waals surface area contributed by atoms with E-state index in [-0.39, 0.29) is 10.8 Å². The van der Waals surface area contributed by atoms with Gasteiger partial charge in [-0.3, -0.25) is 4.79 Å². The molecule has 0 unspecified atom stereocenters. The van der Waals surface area contributed by atoms with Gasteiger partial charge in [-0.25, -0.2) is 17.4 Å². The maximum absolute atomic E-state index is 13.4. The predicted octanol–water partition coefficient (Wildman–Crippen LogP) is 2.97. The molecule has 156 valence electrons. The van der Waals surface area contributed by atoms with Crippen LogP contribution in [0.4, 0.5) is 5.69 Å². The number of benzene rings is 1. The number of nitrogens with zero attached hydrogens (tertiary/aromatic N) is 4. The number of carbonyl (C=O) groups excluding carboxylic acids is 1. The van der Waals surface area contributed by atoms with E-state index in [9.17, 15) is 13.2 Å². The van der Waals surface area contributed by atoms with Crippen LogP contribution in [0.25, 0.3) is 16.6 Å². The molecule has 3 aromatic rings. The highest BCUT2D eigenvalue weighted by Gasteiger charge is 2.24. The second-order valence-corrected chi connectivity index (χ2v) is 9.35. The minimum Gasteiger partial charge on any atom is -0.316 e. The molecule has 3 heterocycles. The fourth-order valence-electron chi connectivity index (χ4n) is 3.62. The Morgan fingerprint density at radius 3 is 2.53 bits per heavy atom. The Morgan fingerprint density at radius 1 is 1.17 bits per heavy atom. The zero-order valence-electron chi connectivity index (χ0n) is 17.2. The standard InChI is InChI=1S/C22H24N4O3S/c1-16(27)25(3)18-6-8-19(9-7-18)30(28,29)26-15-21(17-10-13-24(2)14-11-17)20-5-4-12-23-22(20)26/h4-10,12,15H,11,13-14H2,1-3H3. The van der Waals surface area contributed by atoms with Gasteiger partial charge in [-0.1, -0.05) is 6.08 Å². The average molecular weight is 425 g/mol. The topological polar surface area (TPSA) is 75.5 Å². The number of hydrogen-bond acceptors (Lipinski definition) is 5. The summed E-state index contributed by atoms with van der Waals surface area (Å²) in [4.78, 5) is 19.8. The molecule has 0 bridgehead atoms. The average Bonchev–Trinajstić information content (AvgIpc) is 3.14. The van der Waals surface area contributed by atoms with Gasteiger partial charge in [-0.15, -0.1) is 0 Å². The molecule has 2 aromatic heterocycles. The molecular formula is C22H24N4O3S. The minimum atomic E-state index is -3.84. The maximum Gasteiger partial charge on any atom is 0.269 e. The lowest BCUT2D eigenvalue weighted by Gasteiger charge is -2.21. The summed E-state index contributed by atoms with van der Waals surface area (Å²) in [6.45, 7) is 3.22. The summed E-state index contributed by atoms with van der Waals surface area (Å²) in [7, 11) is -0.129. The number of pyridine rings is 1. The third kappa shape index (κ3) is 3.53. The second-order valence-electron chi connectivity index (χ2n) is 7.53. The van der Waals surface area contributed by atoms with Crippen LogP contribution in [0.1, 0.15) is 18.9 Å². The highest BCUT2D eigenvalue weighted by molar-refractivity contribution is 7.90. The van der Waals surface area contributed by atoms with E-state index in [2.05, 4.69) is 23.0 Å². The fraction of sp³-hybridized carbons (Fsp3) is 0.273. The zero-order chi connectivity index (χ0) is 21.5. The van der Waals surface area contributed by atoms with Crippen LogP contribution in [-0.2, 0) is 14.8 Å². The van der Waals surface area contributed by atoms with E-state index in [1.165, 1.54) is 27.9 Å². The van der Waals surface area contributed by atoms with E-state index in [0.717, 1.165) is 36.0 Å². The van der Waals surface area contributed by atoms with Crippen molar-refractivity contribution in [3.05, 3.63) is 60.4 Å². The second kappa shape index (κ2) is 7.70. The van der Waals surface area contributed by atoms with Gasteiger partial charge in [-0.2, -0.15) is 0 Å². The number of fused-ring (bicyclic) bond motifs is 1. The fourth-order valence-corrected chi connectivity index (χ4v) is 4.95. The van der Waals surface area contributed by atoms with Crippen LogP contribution in [0.15, 0.2) is 59.8 Å². The molecule has 1 aliphatic heterocycles. The molecule has 4 rings (SSSR count). The molecule has 0 N–H and O–H groups in total. The molecule has 1 aliphatic rings. The van der Waals surface area contributed by atoms with Crippen LogP contribution in [-0.4, -0.2) is 55.4 Å². The van der Waals surface area contributed by atoms with Gasteiger partial charge in [0.25, 0.3) is 10.0 Å². The molecule has 0 fully saturated rings. The van der Waals surface area contributed by atoms with Crippen molar-refractivity contribution in [3.63, 3.8) is 0 Å². The van der Waals surface area contributed by atoms with Gasteiger partial charge < -0.3 is 9.80 Å². The Hall–Kier alpha value is -2.97. The van der Waals surface area contributed by atoms with Gasteiger partial charge in [0.2, 0.25) is 5.91 Å². The first kappa shape index (κ1) is 20.3. The Labute approximate surface area is 176 Å². The van der Waals surface area contributed by atoms with Gasteiger partial charge >= 0.3 is 0 Å². The summed E-state index contributed by atoms with van der Waals surface area (Å²) in [6.07, 6.45) is 6.29. The monoisotopic (exact) mass is 424 g/mol. The smallest absolute Gasteiger partial charge is 0.269 e. The molecule has 1 amide bonds. The van der Waals surface area contributed by atoms with Crippen molar-refractivity contribution < 1.29 is 13.2 Å². The summed E-state index contributed by atoms with van der Waals surface area (Å²) >= 11 is 0. The molecule has 0 aliphatic carbocycles. The lowest BCUT2D eigenvalue weighted by molar-refractivity contribution is -0.116. The van der Waals surface area contributed by atoms with Crippen molar-refractivity contribution in [3.8, 4) is 0 Å². The van der Waals surface area contributed by atoms with Gasteiger partial charge in [0, 0.05) is 56.1 Å². The predicted molar refractivity (Wildman–Crippen MR) is 118 cm³/mol. The van der Waals surface area contributed by atoms with Crippen molar-refractivity contribution in [2.24, 2.45) is 0 Å². The van der Waals surface area contributed by atoms with E-state index in [1.54, 1.807) is 31.6 Å². The lowest BCUT2D eigenvalue weighted by atomic mass is 10.00. The van der Waals surface area contributed by atoms with E-state index < -0.39 is 10.0 Å². The Bertz CT molecular complexity index is 1240. The summed E-state index contributed by atoms with van der Waals surface area (Å²) in [5.41, 5.74) is 3.09. The maximum atomic E-state index is 13.4. The normalized spacial score (nSPS) is 15.2. The van der Waals surface area contributed by atoms with Crippen molar-refractivity contribution in [2.75, 3.05) is 32.1 Å². The number of rotatable bonds is 4. The largest absolute Gasteiger partial charge is 0.316 e. The SMILES string of the molecule is CC(=O)N(C)c1ccc(S(=O)(=O)n2cc(C3=CCN(C)CC3)c3cccnc32)cc1. The number of hydrogen-bond donors (Lipinski definition) is 0. The quantitative estimate of drug-likeness (QED) is 0.644. The van der Waals surface area contributed by atoms with Crippen molar-refractivity contribution >= 4 is 38.2 Å². The van der Waals surface area contributed by atoms with E-state index in [4.69, 9.17) is 0 Å². The molecular weight excluding hydrogens is 400 g/mol. The zero-order valence-corrected chi connectivity index (χ0v) is 18.1. The molecule has 0 spiro atoms. The van der Waals surface area contributed by atoms with Crippen molar-refractivity contribution in [1.82, 2.24) is 13.9 Å². The summed E-state index contributed by atoms with van der Waals surface area (Å²) in [5, 5.41) is 0.824. The molecule has 30 heavy (non-hydrogen) atoms.